The lowest BCUT2D eigenvalue weighted by Crippen LogP contribution is -2.30. The molecule has 0 unspecified atom stereocenters. The van der Waals surface area contributed by atoms with Gasteiger partial charge in [0, 0.05) is 18.0 Å². The molecule has 8 heteroatoms. The molecule has 0 atom stereocenters. The molecule has 1 amide bonds. The van der Waals surface area contributed by atoms with Gasteiger partial charge in [-0.1, -0.05) is 19.4 Å². The Hall–Kier alpha value is -2.29. The second kappa shape index (κ2) is 9.02. The van der Waals surface area contributed by atoms with E-state index in [1.807, 2.05) is 38.3 Å². The zero-order valence-corrected chi connectivity index (χ0v) is 18.4. The van der Waals surface area contributed by atoms with E-state index in [1.165, 1.54) is 23.5 Å². The van der Waals surface area contributed by atoms with Gasteiger partial charge in [0.1, 0.15) is 0 Å². The minimum absolute atomic E-state index is 0.0430. The molecule has 29 heavy (non-hydrogen) atoms. The highest BCUT2D eigenvalue weighted by molar-refractivity contribution is 7.89. The molecule has 6 nitrogen and oxygen atoms in total. The Labute approximate surface area is 175 Å². The second-order valence-corrected chi connectivity index (χ2v) is 9.81. The van der Waals surface area contributed by atoms with Gasteiger partial charge in [0.05, 0.1) is 26.5 Å². The van der Waals surface area contributed by atoms with Crippen LogP contribution in [0.3, 0.4) is 0 Å². The summed E-state index contributed by atoms with van der Waals surface area (Å²) in [6, 6.07) is 10.3. The van der Waals surface area contributed by atoms with Crippen LogP contribution in [0.2, 0.25) is 0 Å². The number of sulfonamides is 1. The molecular weight excluding hydrogens is 406 g/mol. The fourth-order valence-electron chi connectivity index (χ4n) is 2.92. The number of unbranched alkanes of at least 4 members (excludes halogenated alkanes) is 1. The molecule has 0 saturated heterocycles. The van der Waals surface area contributed by atoms with Crippen LogP contribution in [0, 0.1) is 0 Å². The van der Waals surface area contributed by atoms with Crippen molar-refractivity contribution in [3.05, 3.63) is 47.3 Å². The molecule has 0 fully saturated rings. The van der Waals surface area contributed by atoms with Crippen molar-refractivity contribution in [2.75, 3.05) is 6.54 Å². The highest BCUT2D eigenvalue weighted by Crippen LogP contribution is 2.29. The average Bonchev–Trinajstić information content (AvgIpc) is 3.21. The summed E-state index contributed by atoms with van der Waals surface area (Å²) in [4.78, 5) is 18.6. The fourth-order valence-corrected chi connectivity index (χ4v) is 4.70. The van der Waals surface area contributed by atoms with Crippen LogP contribution in [0.4, 0.5) is 0 Å². The second-order valence-electron chi connectivity index (χ2n) is 7.09. The lowest BCUT2D eigenvalue weighted by atomic mass is 10.1. The normalized spacial score (nSPS) is 11.9. The number of aromatic nitrogens is 1. The summed E-state index contributed by atoms with van der Waals surface area (Å²) in [6.45, 7) is 6.15. The number of fused-ring (bicyclic) bond motifs is 1. The van der Waals surface area contributed by atoms with Gasteiger partial charge in [-0.3, -0.25) is 4.79 Å². The molecule has 2 N–H and O–H groups in total. The molecular formula is C21H25N3O3S2. The molecule has 2 heterocycles. The monoisotopic (exact) mass is 431 g/mol. The number of benzene rings is 1. The molecule has 0 aliphatic carbocycles. The first-order chi connectivity index (χ1) is 13.8. The largest absolute Gasteiger partial charge is 0.350 e. The standard InChI is InChI=1S/C21H25N3O3S2/c1-4-5-10-22-29(26,27)15-8-9-18-16(12-15)17(21(25)23-14(2)3)13-19(24-18)20-7-6-11-28-20/h6-9,11-14,22H,4-5,10H2,1-3H3,(H,23,25). The summed E-state index contributed by atoms with van der Waals surface area (Å²) in [7, 11) is -3.65. The van der Waals surface area contributed by atoms with Crippen LogP contribution in [0.25, 0.3) is 21.5 Å². The maximum absolute atomic E-state index is 12.9. The van der Waals surface area contributed by atoms with Crippen LogP contribution in [0.15, 0.2) is 46.7 Å². The SMILES string of the molecule is CCCCNS(=O)(=O)c1ccc2nc(-c3cccs3)cc(C(=O)NC(C)C)c2c1. The van der Waals surface area contributed by atoms with Gasteiger partial charge in [-0.15, -0.1) is 11.3 Å². The third-order valence-corrected chi connectivity index (χ3v) is 6.70. The summed E-state index contributed by atoms with van der Waals surface area (Å²) in [5.74, 6) is -0.251. The Morgan fingerprint density at radius 1 is 1.21 bits per heavy atom. The Kier molecular flexibility index (Phi) is 6.66. The number of amides is 1. The summed E-state index contributed by atoms with van der Waals surface area (Å²) in [6.07, 6.45) is 1.66. The smallest absolute Gasteiger partial charge is 0.252 e. The Morgan fingerprint density at radius 3 is 2.66 bits per heavy atom. The van der Waals surface area contributed by atoms with E-state index in [1.54, 1.807) is 12.1 Å². The van der Waals surface area contributed by atoms with E-state index >= 15 is 0 Å². The lowest BCUT2D eigenvalue weighted by molar-refractivity contribution is 0.0944. The molecule has 1 aromatic carbocycles. The maximum atomic E-state index is 12.9. The zero-order valence-electron chi connectivity index (χ0n) is 16.7. The van der Waals surface area contributed by atoms with Crippen molar-refractivity contribution in [1.29, 1.82) is 0 Å². The van der Waals surface area contributed by atoms with Crippen LogP contribution in [0.1, 0.15) is 44.0 Å². The van der Waals surface area contributed by atoms with Crippen molar-refractivity contribution < 1.29 is 13.2 Å². The van der Waals surface area contributed by atoms with Crippen LogP contribution < -0.4 is 10.0 Å². The van der Waals surface area contributed by atoms with Crippen LogP contribution in [0.5, 0.6) is 0 Å². The first kappa shape index (κ1) is 21.4. The number of pyridine rings is 1. The third-order valence-electron chi connectivity index (χ3n) is 4.35. The van der Waals surface area contributed by atoms with E-state index in [0.717, 1.165) is 17.7 Å². The molecule has 0 radical (unpaired) electrons. The minimum atomic E-state index is -3.65. The minimum Gasteiger partial charge on any atom is -0.350 e. The summed E-state index contributed by atoms with van der Waals surface area (Å²) >= 11 is 1.54. The molecule has 3 aromatic rings. The van der Waals surface area contributed by atoms with Crippen molar-refractivity contribution in [3.63, 3.8) is 0 Å². The fraction of sp³-hybridized carbons (Fsp3) is 0.333. The van der Waals surface area contributed by atoms with E-state index in [2.05, 4.69) is 15.0 Å². The van der Waals surface area contributed by atoms with Gasteiger partial charge in [-0.25, -0.2) is 18.1 Å². The summed E-state index contributed by atoms with van der Waals surface area (Å²) in [5, 5.41) is 5.36. The van der Waals surface area contributed by atoms with Gasteiger partial charge in [0.25, 0.3) is 5.91 Å². The van der Waals surface area contributed by atoms with Crippen molar-refractivity contribution in [3.8, 4) is 10.6 Å². The van der Waals surface area contributed by atoms with Crippen molar-refractivity contribution in [2.24, 2.45) is 0 Å². The van der Waals surface area contributed by atoms with E-state index < -0.39 is 10.0 Å². The van der Waals surface area contributed by atoms with Crippen LogP contribution in [-0.4, -0.2) is 31.9 Å². The molecule has 0 spiro atoms. The number of hydrogen-bond acceptors (Lipinski definition) is 5. The van der Waals surface area contributed by atoms with E-state index in [4.69, 9.17) is 0 Å². The number of carbonyl (C=O) groups is 1. The Morgan fingerprint density at radius 2 is 2.00 bits per heavy atom. The predicted octanol–water partition coefficient (Wildman–Crippen LogP) is 4.18. The van der Waals surface area contributed by atoms with Gasteiger partial charge in [0.2, 0.25) is 10.0 Å². The molecule has 154 valence electrons. The van der Waals surface area contributed by atoms with Gasteiger partial charge >= 0.3 is 0 Å². The maximum Gasteiger partial charge on any atom is 0.252 e. The van der Waals surface area contributed by atoms with Gasteiger partial charge in [0.15, 0.2) is 0 Å². The topological polar surface area (TPSA) is 88.2 Å². The number of nitrogens with one attached hydrogen (secondary N) is 2. The summed E-state index contributed by atoms with van der Waals surface area (Å²) < 4.78 is 27.9. The average molecular weight is 432 g/mol. The number of nitrogens with zero attached hydrogens (tertiary/aromatic N) is 1. The quantitative estimate of drug-likeness (QED) is 0.524. The highest BCUT2D eigenvalue weighted by Gasteiger charge is 2.19. The number of hydrogen-bond donors (Lipinski definition) is 2. The highest BCUT2D eigenvalue weighted by atomic mass is 32.2. The molecule has 2 aromatic heterocycles. The van der Waals surface area contributed by atoms with Crippen molar-refractivity contribution in [1.82, 2.24) is 15.0 Å². The first-order valence-corrected chi connectivity index (χ1v) is 12.0. The van der Waals surface area contributed by atoms with E-state index in [9.17, 15) is 13.2 Å². The molecule has 0 aliphatic heterocycles. The van der Waals surface area contributed by atoms with Gasteiger partial charge in [-0.2, -0.15) is 0 Å². The number of rotatable bonds is 8. The predicted molar refractivity (Wildman–Crippen MR) is 118 cm³/mol. The number of thiophene rings is 1. The first-order valence-electron chi connectivity index (χ1n) is 9.61. The Balaban J connectivity index is 2.12. The van der Waals surface area contributed by atoms with E-state index in [-0.39, 0.29) is 16.8 Å². The Bertz CT molecular complexity index is 1110. The summed E-state index contributed by atoms with van der Waals surface area (Å²) in [5.41, 5.74) is 1.69. The zero-order chi connectivity index (χ0) is 21.0. The van der Waals surface area contributed by atoms with Gasteiger partial charge in [-0.05, 0) is 56.0 Å². The molecule has 3 rings (SSSR count). The van der Waals surface area contributed by atoms with Gasteiger partial charge < -0.3 is 5.32 Å². The van der Waals surface area contributed by atoms with Crippen molar-refractivity contribution >= 4 is 38.2 Å². The third kappa shape index (κ3) is 5.01. The van der Waals surface area contributed by atoms with Crippen LogP contribution >= 0.6 is 11.3 Å². The molecule has 0 bridgehead atoms. The van der Waals surface area contributed by atoms with Crippen LogP contribution in [-0.2, 0) is 10.0 Å². The molecule has 0 aliphatic rings. The number of carbonyl (C=O) groups excluding carboxylic acids is 1. The van der Waals surface area contributed by atoms with Crippen molar-refractivity contribution in [2.45, 2.75) is 44.6 Å². The lowest BCUT2D eigenvalue weighted by Gasteiger charge is -2.13. The van der Waals surface area contributed by atoms with E-state index in [0.29, 0.717) is 28.7 Å². The molecule has 0 saturated carbocycles.